The van der Waals surface area contributed by atoms with Crippen molar-refractivity contribution >= 4 is 19.7 Å². The first-order chi connectivity index (χ1) is 9.97. The molecule has 1 aliphatic rings. The Labute approximate surface area is 129 Å². The van der Waals surface area contributed by atoms with Gasteiger partial charge in [0.15, 0.2) is 8.24 Å². The van der Waals surface area contributed by atoms with Gasteiger partial charge in [-0.05, 0) is 25.0 Å². The maximum Gasteiger partial charge on any atom is 0.172 e. The minimum absolute atomic E-state index is 0.196. The van der Waals surface area contributed by atoms with Gasteiger partial charge in [0.1, 0.15) is 5.78 Å². The van der Waals surface area contributed by atoms with Crippen LogP contribution in [-0.2, 0) is 11.2 Å². The second kappa shape index (κ2) is 7.03. The van der Waals surface area contributed by atoms with Gasteiger partial charge in [0, 0.05) is 25.1 Å². The highest BCUT2D eigenvalue weighted by atomic mass is 28.3. The van der Waals surface area contributed by atoms with Crippen LogP contribution in [0.3, 0.4) is 0 Å². The van der Waals surface area contributed by atoms with Gasteiger partial charge in [-0.1, -0.05) is 49.8 Å². The summed E-state index contributed by atoms with van der Waals surface area (Å²) in [5.41, 5.74) is 2.24. The monoisotopic (exact) mass is 302 g/mol. The third-order valence-corrected chi connectivity index (χ3v) is 7.37. The largest absolute Gasteiger partial charge is 0.324 e. The van der Waals surface area contributed by atoms with E-state index in [0.29, 0.717) is 6.42 Å². The summed E-state index contributed by atoms with van der Waals surface area (Å²) in [6, 6.07) is 11.6. The molecule has 4 heteroatoms. The summed E-state index contributed by atoms with van der Waals surface area (Å²) in [4.78, 5) is 11.6. The molecule has 1 aromatic rings. The molecule has 1 saturated heterocycles. The predicted octanol–water partition coefficient (Wildman–Crippen LogP) is 3.87. The number of carbonyl (C=O) groups is 1. The Bertz CT molecular complexity index is 511. The molecule has 0 radical (unpaired) electrons. The molecule has 1 fully saturated rings. The second-order valence-electron chi connectivity index (χ2n) is 6.60. The lowest BCUT2D eigenvalue weighted by molar-refractivity contribution is -0.115. The second-order valence-corrected chi connectivity index (χ2v) is 11.2. The van der Waals surface area contributed by atoms with Crippen molar-refractivity contribution in [2.24, 2.45) is 5.10 Å². The van der Waals surface area contributed by atoms with Crippen LogP contribution in [0.1, 0.15) is 31.7 Å². The fourth-order valence-electron chi connectivity index (χ4n) is 2.86. The Kier molecular flexibility index (Phi) is 5.34. The van der Waals surface area contributed by atoms with Gasteiger partial charge in [0.2, 0.25) is 0 Å². The lowest BCUT2D eigenvalue weighted by atomic mass is 10.1. The van der Waals surface area contributed by atoms with E-state index in [1.807, 2.05) is 18.2 Å². The van der Waals surface area contributed by atoms with E-state index in [9.17, 15) is 4.79 Å². The molecular formula is C17H26N2OSi. The summed E-state index contributed by atoms with van der Waals surface area (Å²) in [5, 5.41) is 4.91. The van der Waals surface area contributed by atoms with Crippen molar-refractivity contribution in [3.8, 4) is 0 Å². The molecule has 0 aliphatic carbocycles. The van der Waals surface area contributed by atoms with E-state index in [4.69, 9.17) is 5.10 Å². The third kappa shape index (κ3) is 4.81. The molecule has 21 heavy (non-hydrogen) atoms. The number of rotatable bonds is 5. The number of hydrazone groups is 1. The normalized spacial score (nSPS) is 18.6. The van der Waals surface area contributed by atoms with E-state index < -0.39 is 8.24 Å². The number of hydrogen-bond acceptors (Lipinski definition) is 3. The van der Waals surface area contributed by atoms with Crippen LogP contribution in [0.4, 0.5) is 0 Å². The zero-order valence-electron chi connectivity index (χ0n) is 13.4. The highest BCUT2D eigenvalue weighted by Crippen LogP contribution is 2.25. The van der Waals surface area contributed by atoms with Crippen LogP contribution < -0.4 is 0 Å². The van der Waals surface area contributed by atoms with Crippen molar-refractivity contribution in [2.45, 2.75) is 51.7 Å². The number of hydrogen-bond donors (Lipinski definition) is 0. The van der Waals surface area contributed by atoms with Crippen LogP contribution in [0, 0.1) is 0 Å². The van der Waals surface area contributed by atoms with Crippen LogP contribution >= 0.6 is 0 Å². The molecule has 0 saturated carbocycles. The first-order valence-corrected chi connectivity index (χ1v) is 11.0. The average molecular weight is 302 g/mol. The van der Waals surface area contributed by atoms with Gasteiger partial charge in [0.25, 0.3) is 0 Å². The highest BCUT2D eigenvalue weighted by Gasteiger charge is 2.32. The molecule has 0 unspecified atom stereocenters. The number of nitrogens with zero attached hydrogens (tertiary/aromatic N) is 2. The van der Waals surface area contributed by atoms with E-state index in [2.05, 4.69) is 29.9 Å². The molecule has 1 heterocycles. The van der Waals surface area contributed by atoms with Crippen LogP contribution in [-0.4, -0.2) is 30.9 Å². The Morgan fingerprint density at radius 2 is 1.95 bits per heavy atom. The molecule has 0 spiro atoms. The summed E-state index contributed by atoms with van der Waals surface area (Å²) < 4.78 is 2.33. The van der Waals surface area contributed by atoms with E-state index >= 15 is 0 Å². The maximum absolute atomic E-state index is 11.6. The van der Waals surface area contributed by atoms with Crippen molar-refractivity contribution in [1.82, 2.24) is 4.67 Å². The SMILES string of the molecule is CC(=O)CC(Cc1ccccc1)=NN1CCCC[Si]1(C)C. The fourth-order valence-corrected chi connectivity index (χ4v) is 5.41. The fraction of sp³-hybridized carbons (Fsp3) is 0.529. The molecule has 0 N–H and O–H groups in total. The van der Waals surface area contributed by atoms with Crippen LogP contribution in [0.25, 0.3) is 0 Å². The minimum atomic E-state index is -1.42. The summed E-state index contributed by atoms with van der Waals surface area (Å²) in [7, 11) is -1.42. The quantitative estimate of drug-likeness (QED) is 0.611. The van der Waals surface area contributed by atoms with Gasteiger partial charge in [-0.3, -0.25) is 4.79 Å². The van der Waals surface area contributed by atoms with Crippen molar-refractivity contribution in [1.29, 1.82) is 0 Å². The molecule has 2 rings (SSSR count). The minimum Gasteiger partial charge on any atom is -0.324 e. The molecule has 1 aliphatic heterocycles. The van der Waals surface area contributed by atoms with Crippen molar-refractivity contribution in [2.75, 3.05) is 6.54 Å². The lowest BCUT2D eigenvalue weighted by Gasteiger charge is -2.39. The smallest absolute Gasteiger partial charge is 0.172 e. The van der Waals surface area contributed by atoms with Crippen LogP contribution in [0.5, 0.6) is 0 Å². The summed E-state index contributed by atoms with van der Waals surface area (Å²) in [6.45, 7) is 7.46. The molecule has 0 atom stereocenters. The van der Waals surface area contributed by atoms with E-state index in [1.165, 1.54) is 24.4 Å². The third-order valence-electron chi connectivity index (χ3n) is 4.07. The topological polar surface area (TPSA) is 32.7 Å². The van der Waals surface area contributed by atoms with Gasteiger partial charge < -0.3 is 4.67 Å². The Hall–Kier alpha value is -1.42. The van der Waals surface area contributed by atoms with E-state index in [1.54, 1.807) is 6.92 Å². The standard InChI is InChI=1S/C17H26N2OSi/c1-15(20)13-17(14-16-9-5-4-6-10-16)18-19-11-7-8-12-21(19,2)3/h4-6,9-10H,7-8,11-14H2,1-3H3. The van der Waals surface area contributed by atoms with Gasteiger partial charge >= 0.3 is 0 Å². The zero-order valence-corrected chi connectivity index (χ0v) is 14.4. The Morgan fingerprint density at radius 3 is 2.57 bits per heavy atom. The number of Topliss-reactive ketones (excluding diaryl/α,β-unsaturated/α-hetero) is 1. The van der Waals surface area contributed by atoms with Gasteiger partial charge in [-0.25, -0.2) is 0 Å². The van der Waals surface area contributed by atoms with Crippen LogP contribution in [0.15, 0.2) is 35.4 Å². The van der Waals surface area contributed by atoms with Gasteiger partial charge in [-0.2, -0.15) is 5.10 Å². The van der Waals surface area contributed by atoms with Crippen LogP contribution in [0.2, 0.25) is 19.1 Å². The first-order valence-electron chi connectivity index (χ1n) is 7.85. The molecule has 114 valence electrons. The molecular weight excluding hydrogens is 276 g/mol. The van der Waals surface area contributed by atoms with Crippen molar-refractivity contribution in [3.05, 3.63) is 35.9 Å². The van der Waals surface area contributed by atoms with Crippen molar-refractivity contribution < 1.29 is 4.79 Å². The molecule has 3 nitrogen and oxygen atoms in total. The number of ketones is 1. The van der Waals surface area contributed by atoms with E-state index in [-0.39, 0.29) is 5.78 Å². The predicted molar refractivity (Wildman–Crippen MR) is 91.1 cm³/mol. The molecule has 0 bridgehead atoms. The lowest BCUT2D eigenvalue weighted by Crippen LogP contribution is -2.49. The zero-order chi connectivity index (χ0) is 15.3. The molecule has 1 aromatic carbocycles. The number of benzene rings is 1. The van der Waals surface area contributed by atoms with Gasteiger partial charge in [-0.15, -0.1) is 0 Å². The summed E-state index contributed by atoms with van der Waals surface area (Å²) in [5.74, 6) is 0.196. The maximum atomic E-state index is 11.6. The summed E-state index contributed by atoms with van der Waals surface area (Å²) in [6.07, 6.45) is 3.79. The average Bonchev–Trinajstić information content (AvgIpc) is 2.41. The van der Waals surface area contributed by atoms with Gasteiger partial charge in [0.05, 0.1) is 0 Å². The summed E-state index contributed by atoms with van der Waals surface area (Å²) >= 11 is 0. The first kappa shape index (κ1) is 16.0. The molecule has 0 amide bonds. The van der Waals surface area contributed by atoms with E-state index in [0.717, 1.165) is 18.7 Å². The highest BCUT2D eigenvalue weighted by molar-refractivity contribution is 6.74. The number of carbonyl (C=O) groups excluding carboxylic acids is 1. The Balaban J connectivity index is 2.18. The van der Waals surface area contributed by atoms with Crippen molar-refractivity contribution in [3.63, 3.8) is 0 Å². The molecule has 0 aromatic heterocycles. The Morgan fingerprint density at radius 1 is 1.24 bits per heavy atom.